The Morgan fingerprint density at radius 2 is 1.77 bits per heavy atom. The number of hydrogen-bond acceptors (Lipinski definition) is 5. The van der Waals surface area contributed by atoms with Crippen molar-refractivity contribution in [3.8, 4) is 17.3 Å². The molecule has 31 heavy (non-hydrogen) atoms. The highest BCUT2D eigenvalue weighted by Crippen LogP contribution is 2.30. The number of hydrogen-bond donors (Lipinski definition) is 1. The van der Waals surface area contributed by atoms with E-state index in [1.165, 1.54) is 0 Å². The van der Waals surface area contributed by atoms with Gasteiger partial charge in [-0.25, -0.2) is 9.78 Å². The standard InChI is InChI=1S/C25H25N3O3/c1-16(2)25(4,15-26)28-21(29)14-31-24(30)22-17(3)23(18-10-6-5-7-11-18)27-20-13-9-8-12-19(20)22/h5-13,16H,14H2,1-4H3,(H,28,29)/t25-/m1/s1. The van der Waals surface area contributed by atoms with Crippen LogP contribution in [0.4, 0.5) is 0 Å². The molecule has 0 bridgehead atoms. The van der Waals surface area contributed by atoms with E-state index in [1.807, 2.05) is 75.4 Å². The number of carbonyl (C=O) groups is 2. The maximum atomic E-state index is 13.0. The number of ether oxygens (including phenoxy) is 1. The minimum absolute atomic E-state index is 0.100. The van der Waals surface area contributed by atoms with Crippen molar-refractivity contribution in [1.82, 2.24) is 10.3 Å². The molecule has 0 aliphatic carbocycles. The van der Waals surface area contributed by atoms with Crippen molar-refractivity contribution in [2.75, 3.05) is 6.61 Å². The van der Waals surface area contributed by atoms with E-state index >= 15 is 0 Å². The number of nitrogens with zero attached hydrogens (tertiary/aromatic N) is 2. The molecule has 6 heteroatoms. The second-order valence-corrected chi connectivity index (χ2v) is 7.94. The molecule has 2 aromatic carbocycles. The van der Waals surface area contributed by atoms with Crippen molar-refractivity contribution in [2.24, 2.45) is 5.92 Å². The molecule has 0 spiro atoms. The third-order valence-corrected chi connectivity index (χ3v) is 5.51. The minimum Gasteiger partial charge on any atom is -0.452 e. The number of para-hydroxylation sites is 1. The Kier molecular flexibility index (Phi) is 6.36. The zero-order valence-corrected chi connectivity index (χ0v) is 18.1. The van der Waals surface area contributed by atoms with Gasteiger partial charge in [0.25, 0.3) is 5.91 Å². The second-order valence-electron chi connectivity index (χ2n) is 7.94. The SMILES string of the molecule is Cc1c(-c2ccccc2)nc2ccccc2c1C(=O)OCC(=O)N[C@](C)(C#N)C(C)C. The van der Waals surface area contributed by atoms with Gasteiger partial charge in [-0.2, -0.15) is 5.26 Å². The number of pyridine rings is 1. The van der Waals surface area contributed by atoms with Gasteiger partial charge in [-0.05, 0) is 31.4 Å². The van der Waals surface area contributed by atoms with E-state index in [0.29, 0.717) is 27.7 Å². The number of aromatic nitrogens is 1. The number of amides is 1. The van der Waals surface area contributed by atoms with Gasteiger partial charge in [0, 0.05) is 10.9 Å². The van der Waals surface area contributed by atoms with E-state index in [0.717, 1.165) is 5.56 Å². The first-order valence-electron chi connectivity index (χ1n) is 10.1. The van der Waals surface area contributed by atoms with E-state index in [1.54, 1.807) is 6.92 Å². The lowest BCUT2D eigenvalue weighted by atomic mass is 9.90. The number of nitriles is 1. The van der Waals surface area contributed by atoms with Crippen molar-refractivity contribution < 1.29 is 14.3 Å². The van der Waals surface area contributed by atoms with Crippen molar-refractivity contribution in [3.63, 3.8) is 0 Å². The van der Waals surface area contributed by atoms with Gasteiger partial charge in [-0.1, -0.05) is 62.4 Å². The lowest BCUT2D eigenvalue weighted by molar-refractivity contribution is -0.125. The molecule has 0 saturated carbocycles. The first-order valence-corrected chi connectivity index (χ1v) is 10.1. The van der Waals surface area contributed by atoms with Gasteiger partial charge in [-0.3, -0.25) is 4.79 Å². The first kappa shape index (κ1) is 22.0. The Bertz CT molecular complexity index is 1170. The van der Waals surface area contributed by atoms with Gasteiger partial charge in [0.05, 0.1) is 22.8 Å². The summed E-state index contributed by atoms with van der Waals surface area (Å²) in [6.07, 6.45) is 0. The Labute approximate surface area is 181 Å². The smallest absolute Gasteiger partial charge is 0.339 e. The van der Waals surface area contributed by atoms with Crippen molar-refractivity contribution in [1.29, 1.82) is 5.26 Å². The van der Waals surface area contributed by atoms with Crippen LogP contribution < -0.4 is 5.32 Å². The third kappa shape index (κ3) is 4.56. The fourth-order valence-corrected chi connectivity index (χ4v) is 3.28. The quantitative estimate of drug-likeness (QED) is 0.602. The average Bonchev–Trinajstić information content (AvgIpc) is 2.77. The van der Waals surface area contributed by atoms with Crippen molar-refractivity contribution in [2.45, 2.75) is 33.2 Å². The number of carbonyl (C=O) groups excluding carboxylic acids is 2. The molecule has 0 radical (unpaired) electrons. The lowest BCUT2D eigenvalue weighted by Gasteiger charge is -2.27. The summed E-state index contributed by atoms with van der Waals surface area (Å²) in [5.74, 6) is -1.23. The molecule has 0 aliphatic heterocycles. The fraction of sp³-hybridized carbons (Fsp3) is 0.280. The summed E-state index contributed by atoms with van der Waals surface area (Å²) in [6, 6.07) is 19.0. The molecule has 0 aliphatic rings. The molecule has 1 amide bonds. The summed E-state index contributed by atoms with van der Waals surface area (Å²) in [4.78, 5) is 30.1. The fourth-order valence-electron chi connectivity index (χ4n) is 3.28. The minimum atomic E-state index is -1.04. The Morgan fingerprint density at radius 1 is 1.13 bits per heavy atom. The predicted molar refractivity (Wildman–Crippen MR) is 119 cm³/mol. The molecule has 1 N–H and O–H groups in total. The zero-order chi connectivity index (χ0) is 22.6. The summed E-state index contributed by atoms with van der Waals surface area (Å²) in [7, 11) is 0. The van der Waals surface area contributed by atoms with Crippen LogP contribution in [-0.2, 0) is 9.53 Å². The van der Waals surface area contributed by atoms with E-state index < -0.39 is 24.0 Å². The highest BCUT2D eigenvalue weighted by atomic mass is 16.5. The van der Waals surface area contributed by atoms with Crippen LogP contribution in [0.3, 0.4) is 0 Å². The summed E-state index contributed by atoms with van der Waals surface area (Å²) in [5, 5.41) is 12.7. The summed E-state index contributed by atoms with van der Waals surface area (Å²) in [6.45, 7) is 6.67. The van der Waals surface area contributed by atoms with Crippen LogP contribution >= 0.6 is 0 Å². The van der Waals surface area contributed by atoms with Gasteiger partial charge in [0.1, 0.15) is 5.54 Å². The Balaban J connectivity index is 1.91. The van der Waals surface area contributed by atoms with Crippen LogP contribution in [0.15, 0.2) is 54.6 Å². The molecule has 0 fully saturated rings. The number of rotatable bonds is 6. The van der Waals surface area contributed by atoms with Crippen molar-refractivity contribution in [3.05, 3.63) is 65.7 Å². The Hall–Kier alpha value is -3.72. The van der Waals surface area contributed by atoms with Crippen LogP contribution in [0, 0.1) is 24.2 Å². The first-order chi connectivity index (χ1) is 14.8. The summed E-state index contributed by atoms with van der Waals surface area (Å²) < 4.78 is 5.35. The van der Waals surface area contributed by atoms with Crippen LogP contribution in [0.1, 0.15) is 36.7 Å². The lowest BCUT2D eigenvalue weighted by Crippen LogP contribution is -2.50. The Morgan fingerprint density at radius 3 is 2.42 bits per heavy atom. The molecule has 158 valence electrons. The van der Waals surface area contributed by atoms with E-state index in [-0.39, 0.29) is 5.92 Å². The third-order valence-electron chi connectivity index (χ3n) is 5.51. The second kappa shape index (κ2) is 8.97. The molecule has 3 aromatic rings. The van der Waals surface area contributed by atoms with Gasteiger partial charge in [0.2, 0.25) is 0 Å². The highest BCUT2D eigenvalue weighted by molar-refractivity contribution is 6.06. The molecule has 1 heterocycles. The van der Waals surface area contributed by atoms with Crippen LogP contribution in [-0.4, -0.2) is 29.0 Å². The monoisotopic (exact) mass is 415 g/mol. The predicted octanol–water partition coefficient (Wildman–Crippen LogP) is 4.42. The molecule has 0 unspecified atom stereocenters. The number of benzene rings is 2. The maximum absolute atomic E-state index is 13.0. The highest BCUT2D eigenvalue weighted by Gasteiger charge is 2.30. The van der Waals surface area contributed by atoms with Crippen LogP contribution in [0.25, 0.3) is 22.2 Å². The van der Waals surface area contributed by atoms with Crippen LogP contribution in [0.2, 0.25) is 0 Å². The summed E-state index contributed by atoms with van der Waals surface area (Å²) in [5.41, 5.74) is 2.26. The van der Waals surface area contributed by atoms with E-state index in [9.17, 15) is 14.9 Å². The van der Waals surface area contributed by atoms with Gasteiger partial charge in [0.15, 0.2) is 6.61 Å². The van der Waals surface area contributed by atoms with Gasteiger partial charge < -0.3 is 10.1 Å². The maximum Gasteiger partial charge on any atom is 0.339 e. The molecule has 0 saturated heterocycles. The van der Waals surface area contributed by atoms with E-state index in [4.69, 9.17) is 9.72 Å². The number of fused-ring (bicyclic) bond motifs is 1. The van der Waals surface area contributed by atoms with Gasteiger partial charge in [-0.15, -0.1) is 0 Å². The molecule has 6 nitrogen and oxygen atoms in total. The number of nitrogens with one attached hydrogen (secondary N) is 1. The zero-order valence-electron chi connectivity index (χ0n) is 18.1. The molecular formula is C25H25N3O3. The largest absolute Gasteiger partial charge is 0.452 e. The number of esters is 1. The van der Waals surface area contributed by atoms with E-state index in [2.05, 4.69) is 11.4 Å². The molecule has 1 aromatic heterocycles. The average molecular weight is 415 g/mol. The van der Waals surface area contributed by atoms with Crippen molar-refractivity contribution >= 4 is 22.8 Å². The molecular weight excluding hydrogens is 390 g/mol. The molecule has 1 atom stereocenters. The topological polar surface area (TPSA) is 92.1 Å². The van der Waals surface area contributed by atoms with Gasteiger partial charge >= 0.3 is 5.97 Å². The normalized spacial score (nSPS) is 12.8. The summed E-state index contributed by atoms with van der Waals surface area (Å²) >= 11 is 0. The van der Waals surface area contributed by atoms with Crippen LogP contribution in [0.5, 0.6) is 0 Å². The molecule has 3 rings (SSSR count).